The molecule has 0 radical (unpaired) electrons. The highest BCUT2D eigenvalue weighted by atomic mass is 16.5. The Balaban J connectivity index is 2.14. The molecule has 0 bridgehead atoms. The van der Waals surface area contributed by atoms with E-state index in [0.717, 1.165) is 19.6 Å². The molecule has 0 amide bonds. The Labute approximate surface area is 123 Å². The summed E-state index contributed by atoms with van der Waals surface area (Å²) in [6.07, 6.45) is 5.09. The lowest BCUT2D eigenvalue weighted by atomic mass is 9.86. The molecule has 1 aromatic carbocycles. The number of hydrogen-bond acceptors (Lipinski definition) is 2. The third kappa shape index (κ3) is 3.62. The number of nitrogens with one attached hydrogen (secondary N) is 1. The fourth-order valence-corrected chi connectivity index (χ4v) is 3.38. The first-order valence-corrected chi connectivity index (χ1v) is 8.23. The van der Waals surface area contributed by atoms with Gasteiger partial charge < -0.3 is 10.1 Å². The summed E-state index contributed by atoms with van der Waals surface area (Å²) in [5.74, 6) is 0.608. The van der Waals surface area contributed by atoms with Crippen molar-refractivity contribution in [2.24, 2.45) is 5.92 Å². The van der Waals surface area contributed by atoms with Gasteiger partial charge in [0, 0.05) is 18.6 Å². The highest BCUT2D eigenvalue weighted by molar-refractivity contribution is 5.26. The van der Waals surface area contributed by atoms with Crippen molar-refractivity contribution in [3.05, 3.63) is 35.4 Å². The van der Waals surface area contributed by atoms with Gasteiger partial charge in [0.25, 0.3) is 0 Å². The van der Waals surface area contributed by atoms with Gasteiger partial charge in [-0.15, -0.1) is 0 Å². The fraction of sp³-hybridized carbons (Fsp3) is 0.667. The molecule has 0 aliphatic carbocycles. The monoisotopic (exact) mass is 275 g/mol. The first kappa shape index (κ1) is 15.5. The maximum absolute atomic E-state index is 5.89. The molecule has 2 nitrogen and oxygen atoms in total. The van der Waals surface area contributed by atoms with Crippen LogP contribution in [0.15, 0.2) is 24.3 Å². The summed E-state index contributed by atoms with van der Waals surface area (Å²) in [6.45, 7) is 8.58. The zero-order chi connectivity index (χ0) is 14.4. The van der Waals surface area contributed by atoms with Crippen LogP contribution in [0.5, 0.6) is 0 Å². The second kappa shape index (κ2) is 7.80. The molecule has 3 unspecified atom stereocenters. The van der Waals surface area contributed by atoms with Crippen molar-refractivity contribution in [3.8, 4) is 0 Å². The first-order valence-electron chi connectivity index (χ1n) is 8.23. The first-order chi connectivity index (χ1) is 9.80. The van der Waals surface area contributed by atoms with Gasteiger partial charge in [0.1, 0.15) is 0 Å². The Morgan fingerprint density at radius 2 is 1.95 bits per heavy atom. The third-order valence-electron chi connectivity index (χ3n) is 4.39. The largest absolute Gasteiger partial charge is 0.378 e. The van der Waals surface area contributed by atoms with E-state index in [1.165, 1.54) is 30.4 Å². The van der Waals surface area contributed by atoms with E-state index in [-0.39, 0.29) is 0 Å². The molecule has 0 saturated carbocycles. The van der Waals surface area contributed by atoms with Crippen LogP contribution in [0.25, 0.3) is 0 Å². The molecular weight excluding hydrogens is 246 g/mol. The van der Waals surface area contributed by atoms with E-state index in [0.29, 0.717) is 18.1 Å². The van der Waals surface area contributed by atoms with Gasteiger partial charge in [0.2, 0.25) is 0 Å². The second-order valence-corrected chi connectivity index (χ2v) is 5.80. The van der Waals surface area contributed by atoms with Crippen molar-refractivity contribution in [1.29, 1.82) is 0 Å². The van der Waals surface area contributed by atoms with Crippen molar-refractivity contribution >= 4 is 0 Å². The summed E-state index contributed by atoms with van der Waals surface area (Å²) in [6, 6.07) is 9.63. The van der Waals surface area contributed by atoms with Gasteiger partial charge in [-0.1, -0.05) is 51.5 Å². The van der Waals surface area contributed by atoms with Gasteiger partial charge in [-0.25, -0.2) is 0 Å². The third-order valence-corrected chi connectivity index (χ3v) is 4.39. The van der Waals surface area contributed by atoms with E-state index in [2.05, 4.69) is 50.4 Å². The normalized spacial score (nSPS) is 23.9. The predicted molar refractivity (Wildman–Crippen MR) is 85.0 cm³/mol. The minimum Gasteiger partial charge on any atom is -0.378 e. The summed E-state index contributed by atoms with van der Waals surface area (Å²) in [5.41, 5.74) is 2.86. The summed E-state index contributed by atoms with van der Waals surface area (Å²) in [4.78, 5) is 0. The standard InChI is InChI=1S/C18H29NO/c1-4-7-14-8-10-15(11-9-14)18(19-6-3)16-12-13-20-17(16)5-2/h8-11,16-19H,4-7,12-13H2,1-3H3. The molecule has 1 aliphatic heterocycles. The van der Waals surface area contributed by atoms with Gasteiger partial charge in [-0.3, -0.25) is 0 Å². The Hall–Kier alpha value is -0.860. The van der Waals surface area contributed by atoms with E-state index in [1.807, 2.05) is 0 Å². The van der Waals surface area contributed by atoms with Crippen LogP contribution < -0.4 is 5.32 Å². The molecule has 1 fully saturated rings. The molecule has 1 saturated heterocycles. The van der Waals surface area contributed by atoms with Gasteiger partial charge in [-0.2, -0.15) is 0 Å². The fourth-order valence-electron chi connectivity index (χ4n) is 3.38. The number of benzene rings is 1. The van der Waals surface area contributed by atoms with Crippen LogP contribution in [0, 0.1) is 5.92 Å². The Bertz CT molecular complexity index is 387. The Morgan fingerprint density at radius 1 is 1.20 bits per heavy atom. The molecule has 1 aromatic rings. The SMILES string of the molecule is CCCc1ccc(C(NCC)C2CCOC2CC)cc1. The van der Waals surface area contributed by atoms with Crippen molar-refractivity contribution in [2.75, 3.05) is 13.2 Å². The molecular formula is C18H29NO. The lowest BCUT2D eigenvalue weighted by molar-refractivity contribution is 0.0776. The van der Waals surface area contributed by atoms with Crippen LogP contribution in [-0.2, 0) is 11.2 Å². The number of hydrogen-bond donors (Lipinski definition) is 1. The lowest BCUT2D eigenvalue weighted by Gasteiger charge is -2.28. The van der Waals surface area contributed by atoms with E-state index < -0.39 is 0 Å². The van der Waals surface area contributed by atoms with Gasteiger partial charge >= 0.3 is 0 Å². The van der Waals surface area contributed by atoms with Crippen molar-refractivity contribution in [1.82, 2.24) is 5.32 Å². The van der Waals surface area contributed by atoms with Gasteiger partial charge in [0.15, 0.2) is 0 Å². The van der Waals surface area contributed by atoms with E-state index in [4.69, 9.17) is 4.74 Å². The van der Waals surface area contributed by atoms with E-state index in [9.17, 15) is 0 Å². The van der Waals surface area contributed by atoms with Crippen LogP contribution in [0.2, 0.25) is 0 Å². The summed E-state index contributed by atoms with van der Waals surface area (Å²) in [5, 5.41) is 3.68. The van der Waals surface area contributed by atoms with Crippen LogP contribution in [0.3, 0.4) is 0 Å². The molecule has 3 atom stereocenters. The topological polar surface area (TPSA) is 21.3 Å². The smallest absolute Gasteiger partial charge is 0.0619 e. The maximum atomic E-state index is 5.89. The molecule has 1 heterocycles. The molecule has 0 spiro atoms. The average Bonchev–Trinajstić information content (AvgIpc) is 2.94. The van der Waals surface area contributed by atoms with Gasteiger partial charge in [0.05, 0.1) is 6.10 Å². The summed E-state index contributed by atoms with van der Waals surface area (Å²) in [7, 11) is 0. The van der Waals surface area contributed by atoms with E-state index in [1.54, 1.807) is 0 Å². The number of rotatable bonds is 7. The van der Waals surface area contributed by atoms with Crippen molar-refractivity contribution in [2.45, 2.75) is 58.6 Å². The highest BCUT2D eigenvalue weighted by Gasteiger charge is 2.33. The maximum Gasteiger partial charge on any atom is 0.0619 e. The Morgan fingerprint density at radius 3 is 2.55 bits per heavy atom. The number of aryl methyl sites for hydroxylation is 1. The zero-order valence-corrected chi connectivity index (χ0v) is 13.2. The van der Waals surface area contributed by atoms with Gasteiger partial charge in [-0.05, 0) is 36.9 Å². The Kier molecular flexibility index (Phi) is 6.06. The molecule has 2 rings (SSSR count). The summed E-state index contributed by atoms with van der Waals surface area (Å²) < 4.78 is 5.89. The highest BCUT2D eigenvalue weighted by Crippen LogP contribution is 2.35. The quantitative estimate of drug-likeness (QED) is 0.808. The molecule has 1 N–H and O–H groups in total. The summed E-state index contributed by atoms with van der Waals surface area (Å²) >= 11 is 0. The molecule has 1 aliphatic rings. The van der Waals surface area contributed by atoms with Crippen molar-refractivity contribution in [3.63, 3.8) is 0 Å². The average molecular weight is 275 g/mol. The van der Waals surface area contributed by atoms with E-state index >= 15 is 0 Å². The van der Waals surface area contributed by atoms with Crippen LogP contribution >= 0.6 is 0 Å². The zero-order valence-electron chi connectivity index (χ0n) is 13.2. The van der Waals surface area contributed by atoms with Crippen molar-refractivity contribution < 1.29 is 4.74 Å². The molecule has 112 valence electrons. The predicted octanol–water partition coefficient (Wildman–Crippen LogP) is 4.10. The molecule has 0 aromatic heterocycles. The molecule has 20 heavy (non-hydrogen) atoms. The van der Waals surface area contributed by atoms with Crippen LogP contribution in [-0.4, -0.2) is 19.3 Å². The minimum absolute atomic E-state index is 0.411. The van der Waals surface area contributed by atoms with Crippen LogP contribution in [0.4, 0.5) is 0 Å². The van der Waals surface area contributed by atoms with Crippen LogP contribution in [0.1, 0.15) is 57.2 Å². The minimum atomic E-state index is 0.411. The second-order valence-electron chi connectivity index (χ2n) is 5.80. The lowest BCUT2D eigenvalue weighted by Crippen LogP contribution is -2.32. The number of ether oxygens (including phenoxy) is 1. The molecule has 2 heteroatoms.